The second kappa shape index (κ2) is 8.67. The largest absolute Gasteiger partial charge is 0.297 e. The summed E-state index contributed by atoms with van der Waals surface area (Å²) >= 11 is 2.51. The van der Waals surface area contributed by atoms with Crippen molar-refractivity contribution in [3.05, 3.63) is 50.7 Å². The Morgan fingerprint density at radius 2 is 2.07 bits per heavy atom. The van der Waals surface area contributed by atoms with Gasteiger partial charge in [-0.15, -0.1) is 11.3 Å². The number of para-hydroxylation sites is 1. The number of benzene rings is 1. The first-order valence-corrected chi connectivity index (χ1v) is 10.7. The van der Waals surface area contributed by atoms with Crippen LogP contribution in [0.15, 0.2) is 39.6 Å². The second-order valence-electron chi connectivity index (χ2n) is 6.87. The highest BCUT2D eigenvalue weighted by molar-refractivity contribution is 7.99. The first-order chi connectivity index (χ1) is 13.4. The first-order valence-electron chi connectivity index (χ1n) is 8.87. The van der Waals surface area contributed by atoms with Crippen molar-refractivity contribution in [1.82, 2.24) is 14.5 Å². The van der Waals surface area contributed by atoms with Crippen LogP contribution in [0.3, 0.4) is 0 Å². The lowest BCUT2D eigenvalue weighted by molar-refractivity contribution is -0.116. The molecule has 3 rings (SSSR count). The van der Waals surface area contributed by atoms with Crippen LogP contribution in [0.1, 0.15) is 30.5 Å². The molecule has 3 aromatic rings. The fraction of sp³-hybridized carbons (Fsp3) is 0.350. The number of aryl methyl sites for hydroxylation is 1. The smallest absolute Gasteiger partial charge is 0.262 e. The standard InChI is InChI=1S/C20H20N4O2S2/c1-12(2)9-24-19(26)14-6-4-5-7-16(14)23-20(24)28-11-17(25)15(8-21)18-22-13(3)10-27-18/h4-7,10,12,15H,9,11H2,1-3H3/t15-/m1/s1. The molecular formula is C20H20N4O2S2. The zero-order valence-electron chi connectivity index (χ0n) is 15.9. The molecule has 0 spiro atoms. The van der Waals surface area contributed by atoms with Crippen LogP contribution in [-0.4, -0.2) is 26.1 Å². The van der Waals surface area contributed by atoms with Crippen LogP contribution >= 0.6 is 23.1 Å². The summed E-state index contributed by atoms with van der Waals surface area (Å²) in [4.78, 5) is 34.4. The molecule has 8 heteroatoms. The van der Waals surface area contributed by atoms with Gasteiger partial charge >= 0.3 is 0 Å². The third-order valence-electron chi connectivity index (χ3n) is 4.05. The lowest BCUT2D eigenvalue weighted by Crippen LogP contribution is -2.26. The molecule has 0 aliphatic rings. The molecule has 0 N–H and O–H groups in total. The van der Waals surface area contributed by atoms with Gasteiger partial charge in [-0.3, -0.25) is 14.2 Å². The maximum atomic E-state index is 12.9. The summed E-state index contributed by atoms with van der Waals surface area (Å²) in [6.45, 7) is 6.40. The van der Waals surface area contributed by atoms with Gasteiger partial charge in [-0.2, -0.15) is 5.26 Å². The highest BCUT2D eigenvalue weighted by Crippen LogP contribution is 2.25. The minimum absolute atomic E-state index is 0.0553. The highest BCUT2D eigenvalue weighted by Gasteiger charge is 2.24. The van der Waals surface area contributed by atoms with E-state index in [-0.39, 0.29) is 23.0 Å². The number of nitrogens with zero attached hydrogens (tertiary/aromatic N) is 4. The molecule has 0 aliphatic heterocycles. The number of carbonyl (C=O) groups is 1. The molecule has 2 aromatic heterocycles. The van der Waals surface area contributed by atoms with Crippen molar-refractivity contribution in [1.29, 1.82) is 5.26 Å². The van der Waals surface area contributed by atoms with Crippen molar-refractivity contribution in [2.75, 3.05) is 5.75 Å². The molecule has 0 bridgehead atoms. The van der Waals surface area contributed by atoms with E-state index in [0.717, 1.165) is 5.69 Å². The Morgan fingerprint density at radius 3 is 2.71 bits per heavy atom. The number of aromatic nitrogens is 3. The van der Waals surface area contributed by atoms with Gasteiger partial charge in [-0.25, -0.2) is 9.97 Å². The number of thioether (sulfide) groups is 1. The maximum absolute atomic E-state index is 12.9. The van der Waals surface area contributed by atoms with Crippen LogP contribution in [0.4, 0.5) is 0 Å². The van der Waals surface area contributed by atoms with E-state index < -0.39 is 5.92 Å². The maximum Gasteiger partial charge on any atom is 0.262 e. The van der Waals surface area contributed by atoms with Crippen molar-refractivity contribution in [2.24, 2.45) is 5.92 Å². The number of thiazole rings is 1. The van der Waals surface area contributed by atoms with Crippen molar-refractivity contribution in [2.45, 2.75) is 38.4 Å². The van der Waals surface area contributed by atoms with E-state index in [1.54, 1.807) is 16.7 Å². The Labute approximate surface area is 171 Å². The van der Waals surface area contributed by atoms with Crippen molar-refractivity contribution in [3.63, 3.8) is 0 Å². The average Bonchev–Trinajstić information content (AvgIpc) is 3.09. The van der Waals surface area contributed by atoms with Crippen LogP contribution in [0.5, 0.6) is 0 Å². The molecule has 144 valence electrons. The molecule has 0 amide bonds. The average molecular weight is 413 g/mol. The summed E-state index contributed by atoms with van der Waals surface area (Å²) in [5, 5.41) is 12.8. The molecule has 1 aromatic carbocycles. The Bertz CT molecular complexity index is 1110. The number of nitriles is 1. The molecule has 1 atom stereocenters. The van der Waals surface area contributed by atoms with E-state index in [1.807, 2.05) is 38.3 Å². The number of rotatable bonds is 7. The Kier molecular flexibility index (Phi) is 6.27. The van der Waals surface area contributed by atoms with Crippen molar-refractivity contribution < 1.29 is 4.79 Å². The van der Waals surface area contributed by atoms with E-state index >= 15 is 0 Å². The molecule has 0 saturated heterocycles. The van der Waals surface area contributed by atoms with Gasteiger partial charge in [0.1, 0.15) is 5.01 Å². The van der Waals surface area contributed by atoms with E-state index in [0.29, 0.717) is 27.6 Å². The number of Topliss-reactive ketones (excluding diaryl/α,β-unsaturated/α-hetero) is 1. The number of ketones is 1. The van der Waals surface area contributed by atoms with Gasteiger partial charge in [0.25, 0.3) is 5.56 Å². The SMILES string of the molecule is Cc1csc([C@H](C#N)C(=O)CSc2nc3ccccc3c(=O)n2CC(C)C)n1. The summed E-state index contributed by atoms with van der Waals surface area (Å²) in [6.07, 6.45) is 0. The van der Waals surface area contributed by atoms with Gasteiger partial charge in [-0.05, 0) is 25.0 Å². The zero-order valence-corrected chi connectivity index (χ0v) is 17.5. The molecule has 0 aliphatic carbocycles. The minimum atomic E-state index is -0.892. The Morgan fingerprint density at radius 1 is 1.32 bits per heavy atom. The third kappa shape index (κ3) is 4.32. The van der Waals surface area contributed by atoms with E-state index in [1.165, 1.54) is 23.1 Å². The van der Waals surface area contributed by atoms with Crippen LogP contribution < -0.4 is 5.56 Å². The molecular weight excluding hydrogens is 392 g/mol. The molecule has 2 heterocycles. The predicted octanol–water partition coefficient (Wildman–Crippen LogP) is 3.79. The molecule has 0 radical (unpaired) electrons. The van der Waals surface area contributed by atoms with Gasteiger partial charge in [0.05, 0.1) is 22.7 Å². The van der Waals surface area contributed by atoms with Gasteiger partial charge in [0.15, 0.2) is 16.9 Å². The third-order valence-corrected chi connectivity index (χ3v) is 6.08. The summed E-state index contributed by atoms with van der Waals surface area (Å²) in [7, 11) is 0. The predicted molar refractivity (Wildman–Crippen MR) is 112 cm³/mol. The summed E-state index contributed by atoms with van der Waals surface area (Å²) in [5.41, 5.74) is 1.29. The molecule has 0 saturated carbocycles. The minimum Gasteiger partial charge on any atom is -0.297 e. The quantitative estimate of drug-likeness (QED) is 0.433. The van der Waals surface area contributed by atoms with Gasteiger partial charge in [-0.1, -0.05) is 37.7 Å². The molecule has 0 unspecified atom stereocenters. The van der Waals surface area contributed by atoms with Crippen molar-refractivity contribution >= 4 is 39.8 Å². The Hall–Kier alpha value is -2.50. The first kappa shape index (κ1) is 20.2. The summed E-state index contributed by atoms with van der Waals surface area (Å²) < 4.78 is 1.62. The zero-order chi connectivity index (χ0) is 20.3. The van der Waals surface area contributed by atoms with Crippen molar-refractivity contribution in [3.8, 4) is 6.07 Å². The summed E-state index contributed by atoms with van der Waals surface area (Å²) in [5.74, 6) is -0.821. The lowest BCUT2D eigenvalue weighted by Gasteiger charge is -2.15. The Balaban J connectivity index is 1.89. The highest BCUT2D eigenvalue weighted by atomic mass is 32.2. The van der Waals surface area contributed by atoms with Crippen LogP contribution in [0, 0.1) is 24.2 Å². The topological polar surface area (TPSA) is 88.6 Å². The number of carbonyl (C=O) groups excluding carboxylic acids is 1. The molecule has 6 nitrogen and oxygen atoms in total. The number of hydrogen-bond acceptors (Lipinski definition) is 7. The lowest BCUT2D eigenvalue weighted by atomic mass is 10.1. The fourth-order valence-electron chi connectivity index (χ4n) is 2.77. The van der Waals surface area contributed by atoms with E-state index in [2.05, 4.69) is 16.0 Å². The van der Waals surface area contributed by atoms with Crippen LogP contribution in [0.25, 0.3) is 10.9 Å². The fourth-order valence-corrected chi connectivity index (χ4v) is 4.55. The number of hydrogen-bond donors (Lipinski definition) is 0. The molecule has 0 fully saturated rings. The normalized spacial score (nSPS) is 12.2. The van der Waals surface area contributed by atoms with E-state index in [9.17, 15) is 14.9 Å². The van der Waals surface area contributed by atoms with Gasteiger partial charge < -0.3 is 0 Å². The monoisotopic (exact) mass is 412 g/mol. The van der Waals surface area contributed by atoms with E-state index in [4.69, 9.17) is 0 Å². The summed E-state index contributed by atoms with van der Waals surface area (Å²) in [6, 6.07) is 9.25. The number of fused-ring (bicyclic) bond motifs is 1. The van der Waals surface area contributed by atoms with Gasteiger partial charge in [0, 0.05) is 17.6 Å². The van der Waals surface area contributed by atoms with Gasteiger partial charge in [0.2, 0.25) is 0 Å². The molecule has 28 heavy (non-hydrogen) atoms. The van der Waals surface area contributed by atoms with Crippen LogP contribution in [0.2, 0.25) is 0 Å². The van der Waals surface area contributed by atoms with Crippen LogP contribution in [-0.2, 0) is 11.3 Å². The second-order valence-corrected chi connectivity index (χ2v) is 8.70.